The van der Waals surface area contributed by atoms with Crippen LogP contribution >= 0.6 is 0 Å². The Balaban J connectivity index is 3.21. The molecule has 0 aliphatic rings. The number of allylic oxidation sites excluding steroid dienone is 1. The van der Waals surface area contributed by atoms with Crippen LogP contribution in [0.1, 0.15) is 25.8 Å². The van der Waals surface area contributed by atoms with Crippen molar-refractivity contribution in [3.63, 3.8) is 0 Å². The van der Waals surface area contributed by atoms with Crippen molar-refractivity contribution in [1.29, 1.82) is 0 Å². The second kappa shape index (κ2) is 6.09. The van der Waals surface area contributed by atoms with E-state index in [-0.39, 0.29) is 5.97 Å². The van der Waals surface area contributed by atoms with Crippen LogP contribution < -0.4 is 4.74 Å². The first kappa shape index (κ1) is 13.3. The zero-order valence-electron chi connectivity index (χ0n) is 10.7. The number of carbonyl (C=O) groups excluding carboxylic acids is 1. The van der Waals surface area contributed by atoms with Gasteiger partial charge in [-0.15, -0.1) is 0 Å². The molecule has 0 bridgehead atoms. The van der Waals surface area contributed by atoms with Crippen molar-refractivity contribution >= 4 is 11.5 Å². The molecule has 0 aliphatic heterocycles. The number of ether oxygens (including phenoxy) is 2. The Morgan fingerprint density at radius 2 is 2.00 bits per heavy atom. The van der Waals surface area contributed by atoms with Gasteiger partial charge in [0.1, 0.15) is 5.75 Å². The van der Waals surface area contributed by atoms with Gasteiger partial charge in [0, 0.05) is 5.57 Å². The molecule has 0 spiro atoms. The number of hydrogen-bond donors (Lipinski definition) is 0. The number of rotatable bonds is 4. The molecule has 0 N–H and O–H groups in total. The lowest BCUT2D eigenvalue weighted by atomic mass is 9.98. The van der Waals surface area contributed by atoms with Gasteiger partial charge in [-0.05, 0) is 36.6 Å². The first-order valence-electron chi connectivity index (χ1n) is 5.56. The van der Waals surface area contributed by atoms with Crippen molar-refractivity contribution in [3.05, 3.63) is 35.4 Å². The summed E-state index contributed by atoms with van der Waals surface area (Å²) in [6.45, 7) is 3.80. The quantitative estimate of drug-likeness (QED) is 0.593. The van der Waals surface area contributed by atoms with E-state index in [2.05, 4.69) is 0 Å². The predicted molar refractivity (Wildman–Crippen MR) is 67.9 cm³/mol. The van der Waals surface area contributed by atoms with Crippen molar-refractivity contribution in [2.24, 2.45) is 0 Å². The Kier molecular flexibility index (Phi) is 4.76. The van der Waals surface area contributed by atoms with E-state index in [1.54, 1.807) is 14.0 Å². The monoisotopic (exact) mass is 234 g/mol. The van der Waals surface area contributed by atoms with Gasteiger partial charge in [0.15, 0.2) is 0 Å². The van der Waals surface area contributed by atoms with E-state index >= 15 is 0 Å². The normalized spacial score (nSPS) is 11.8. The number of esters is 1. The van der Waals surface area contributed by atoms with Crippen LogP contribution in [0.3, 0.4) is 0 Å². The fourth-order valence-corrected chi connectivity index (χ4v) is 1.77. The number of carbonyl (C=O) groups is 1. The minimum Gasteiger partial charge on any atom is -0.497 e. The first-order valence-corrected chi connectivity index (χ1v) is 5.56. The fraction of sp³-hybridized carbons (Fsp3) is 0.357. The molecule has 0 atom stereocenters. The van der Waals surface area contributed by atoms with E-state index in [9.17, 15) is 4.79 Å². The van der Waals surface area contributed by atoms with Crippen LogP contribution in [0.5, 0.6) is 5.75 Å². The first-order chi connectivity index (χ1) is 8.13. The summed E-state index contributed by atoms with van der Waals surface area (Å²) in [5.74, 6) is 0.496. The van der Waals surface area contributed by atoms with Crippen LogP contribution in [0, 0.1) is 0 Å². The third-order valence-corrected chi connectivity index (χ3v) is 2.72. The SMILES string of the molecule is CCC(=C(C)C(=O)OC)c1cccc(OC)c1. The van der Waals surface area contributed by atoms with Gasteiger partial charge in [0.2, 0.25) is 0 Å². The molecule has 0 saturated carbocycles. The molecule has 0 fully saturated rings. The standard InChI is InChI=1S/C14H18O3/c1-5-13(10(2)14(15)17-4)11-7-6-8-12(9-11)16-3/h6-9H,5H2,1-4H3. The van der Waals surface area contributed by atoms with Crippen molar-refractivity contribution in [1.82, 2.24) is 0 Å². The Morgan fingerprint density at radius 3 is 2.53 bits per heavy atom. The molecule has 0 aliphatic carbocycles. The van der Waals surface area contributed by atoms with Gasteiger partial charge in [-0.25, -0.2) is 4.79 Å². The molecule has 0 radical (unpaired) electrons. The van der Waals surface area contributed by atoms with Gasteiger partial charge in [-0.2, -0.15) is 0 Å². The highest BCUT2D eigenvalue weighted by molar-refractivity contribution is 5.97. The molecule has 0 unspecified atom stereocenters. The summed E-state index contributed by atoms with van der Waals surface area (Å²) in [6, 6.07) is 7.68. The largest absolute Gasteiger partial charge is 0.497 e. The van der Waals surface area contributed by atoms with Crippen molar-refractivity contribution < 1.29 is 14.3 Å². The van der Waals surface area contributed by atoms with Crippen LogP contribution in [0.4, 0.5) is 0 Å². The third kappa shape index (κ3) is 3.09. The van der Waals surface area contributed by atoms with E-state index in [4.69, 9.17) is 9.47 Å². The third-order valence-electron chi connectivity index (χ3n) is 2.72. The van der Waals surface area contributed by atoms with Gasteiger partial charge in [0.05, 0.1) is 14.2 Å². The molecule has 92 valence electrons. The summed E-state index contributed by atoms with van der Waals surface area (Å²) >= 11 is 0. The lowest BCUT2D eigenvalue weighted by Crippen LogP contribution is -2.04. The van der Waals surface area contributed by atoms with Crippen molar-refractivity contribution in [2.75, 3.05) is 14.2 Å². The number of hydrogen-bond acceptors (Lipinski definition) is 3. The fourth-order valence-electron chi connectivity index (χ4n) is 1.77. The van der Waals surface area contributed by atoms with E-state index in [1.165, 1.54) is 7.11 Å². The maximum absolute atomic E-state index is 11.5. The summed E-state index contributed by atoms with van der Waals surface area (Å²) in [7, 11) is 3.02. The lowest BCUT2D eigenvalue weighted by Gasteiger charge is -2.10. The summed E-state index contributed by atoms with van der Waals surface area (Å²) in [5.41, 5.74) is 2.62. The van der Waals surface area contributed by atoms with E-state index < -0.39 is 0 Å². The molecular formula is C14H18O3. The van der Waals surface area contributed by atoms with Crippen molar-refractivity contribution in [2.45, 2.75) is 20.3 Å². The maximum atomic E-state index is 11.5. The second-order valence-corrected chi connectivity index (χ2v) is 3.68. The molecular weight excluding hydrogens is 216 g/mol. The molecule has 0 saturated heterocycles. The predicted octanol–water partition coefficient (Wildman–Crippen LogP) is 3.05. The Labute approximate surface area is 102 Å². The lowest BCUT2D eigenvalue weighted by molar-refractivity contribution is -0.135. The molecule has 1 aromatic carbocycles. The molecule has 17 heavy (non-hydrogen) atoms. The van der Waals surface area contributed by atoms with E-state index in [0.29, 0.717) is 5.57 Å². The summed E-state index contributed by atoms with van der Waals surface area (Å²) in [4.78, 5) is 11.5. The van der Waals surface area contributed by atoms with Crippen LogP contribution in [0.2, 0.25) is 0 Å². The zero-order valence-corrected chi connectivity index (χ0v) is 10.7. The average Bonchev–Trinajstić information content (AvgIpc) is 2.38. The minimum absolute atomic E-state index is 0.287. The molecule has 3 nitrogen and oxygen atoms in total. The summed E-state index contributed by atoms with van der Waals surface area (Å²) in [5, 5.41) is 0. The highest BCUT2D eigenvalue weighted by atomic mass is 16.5. The highest BCUT2D eigenvalue weighted by Gasteiger charge is 2.11. The van der Waals surface area contributed by atoms with Gasteiger partial charge in [0.25, 0.3) is 0 Å². The Bertz CT molecular complexity index is 433. The molecule has 0 aromatic heterocycles. The van der Waals surface area contributed by atoms with Crippen LogP contribution in [-0.2, 0) is 9.53 Å². The van der Waals surface area contributed by atoms with Gasteiger partial charge >= 0.3 is 5.97 Å². The van der Waals surface area contributed by atoms with Crippen molar-refractivity contribution in [3.8, 4) is 5.75 Å². The van der Waals surface area contributed by atoms with E-state index in [0.717, 1.165) is 23.3 Å². The number of methoxy groups -OCH3 is 2. The average molecular weight is 234 g/mol. The summed E-state index contributed by atoms with van der Waals surface area (Å²) < 4.78 is 9.92. The van der Waals surface area contributed by atoms with Crippen LogP contribution in [0.15, 0.2) is 29.8 Å². The van der Waals surface area contributed by atoms with Crippen LogP contribution in [0.25, 0.3) is 5.57 Å². The smallest absolute Gasteiger partial charge is 0.333 e. The topological polar surface area (TPSA) is 35.5 Å². The van der Waals surface area contributed by atoms with Gasteiger partial charge in [-0.3, -0.25) is 0 Å². The minimum atomic E-state index is -0.287. The second-order valence-electron chi connectivity index (χ2n) is 3.68. The van der Waals surface area contributed by atoms with Gasteiger partial charge < -0.3 is 9.47 Å². The zero-order chi connectivity index (χ0) is 12.8. The molecule has 1 aromatic rings. The van der Waals surface area contributed by atoms with E-state index in [1.807, 2.05) is 31.2 Å². The molecule has 0 heterocycles. The number of benzene rings is 1. The Morgan fingerprint density at radius 1 is 1.29 bits per heavy atom. The maximum Gasteiger partial charge on any atom is 0.333 e. The Hall–Kier alpha value is -1.77. The molecule has 3 heteroatoms. The highest BCUT2D eigenvalue weighted by Crippen LogP contribution is 2.25. The molecule has 1 rings (SSSR count). The van der Waals surface area contributed by atoms with Gasteiger partial charge in [-0.1, -0.05) is 19.1 Å². The summed E-state index contributed by atoms with van der Waals surface area (Å²) in [6.07, 6.45) is 0.772. The molecule has 0 amide bonds. The van der Waals surface area contributed by atoms with Crippen LogP contribution in [-0.4, -0.2) is 20.2 Å².